The molecule has 0 aromatic carbocycles. The largest absolute Gasteiger partial charge is 0.469 e. The van der Waals surface area contributed by atoms with E-state index in [2.05, 4.69) is 23.3 Å². The molecule has 0 spiro atoms. The molecule has 1 saturated carbocycles. The molecule has 2 aromatic rings. The van der Waals surface area contributed by atoms with Crippen LogP contribution in [0.25, 0.3) is 0 Å². The van der Waals surface area contributed by atoms with Gasteiger partial charge >= 0.3 is 0 Å². The highest BCUT2D eigenvalue weighted by atomic mass is 16.3. The van der Waals surface area contributed by atoms with Crippen molar-refractivity contribution >= 4 is 0 Å². The fourth-order valence-corrected chi connectivity index (χ4v) is 2.34. The van der Waals surface area contributed by atoms with Crippen LogP contribution in [0.4, 0.5) is 0 Å². The summed E-state index contributed by atoms with van der Waals surface area (Å²) in [5.74, 6) is 2.01. The average molecular weight is 274 g/mol. The summed E-state index contributed by atoms with van der Waals surface area (Å²) in [6.45, 7) is 4.60. The summed E-state index contributed by atoms with van der Waals surface area (Å²) in [5, 5.41) is 3.50. The highest BCUT2D eigenvalue weighted by molar-refractivity contribution is 5.16. The summed E-state index contributed by atoms with van der Waals surface area (Å²) in [5.41, 5.74) is 2.47. The fraction of sp³-hybridized carbons (Fsp3) is 0.500. The van der Waals surface area contributed by atoms with Gasteiger partial charge in [-0.1, -0.05) is 0 Å². The van der Waals surface area contributed by atoms with Crippen molar-refractivity contribution in [3.63, 3.8) is 0 Å². The first kappa shape index (κ1) is 13.5. The Labute approximate surface area is 119 Å². The number of furan rings is 2. The lowest BCUT2D eigenvalue weighted by Crippen LogP contribution is -2.17. The zero-order valence-corrected chi connectivity index (χ0v) is 12.2. The summed E-state index contributed by atoms with van der Waals surface area (Å²) in [4.78, 5) is 2.23. The Morgan fingerprint density at radius 1 is 1.30 bits per heavy atom. The standard InChI is InChI=1S/C16H22N2O2/c1-12-14(5-6-19-12)9-18(2)10-16-7-13(11-20-16)8-17-15-3-4-15/h5-7,11,15,17H,3-4,8-10H2,1-2H3. The van der Waals surface area contributed by atoms with E-state index in [9.17, 15) is 0 Å². The quantitative estimate of drug-likeness (QED) is 0.842. The zero-order valence-electron chi connectivity index (χ0n) is 12.2. The van der Waals surface area contributed by atoms with E-state index < -0.39 is 0 Å². The summed E-state index contributed by atoms with van der Waals surface area (Å²) in [6, 6.07) is 4.91. The van der Waals surface area contributed by atoms with Crippen LogP contribution >= 0.6 is 0 Å². The summed E-state index contributed by atoms with van der Waals surface area (Å²) >= 11 is 0. The van der Waals surface area contributed by atoms with Crippen LogP contribution in [0.15, 0.2) is 33.5 Å². The number of rotatable bonds is 7. The Hall–Kier alpha value is -1.52. The van der Waals surface area contributed by atoms with Crippen molar-refractivity contribution in [3.8, 4) is 0 Å². The van der Waals surface area contributed by atoms with Gasteiger partial charge in [-0.05, 0) is 38.9 Å². The summed E-state index contributed by atoms with van der Waals surface area (Å²) in [7, 11) is 2.09. The Morgan fingerprint density at radius 3 is 2.85 bits per heavy atom. The summed E-state index contributed by atoms with van der Waals surface area (Å²) in [6.07, 6.45) is 6.24. The van der Waals surface area contributed by atoms with E-state index in [1.807, 2.05) is 19.3 Å². The molecule has 0 saturated heterocycles. The second-order valence-electron chi connectivity index (χ2n) is 5.75. The molecular weight excluding hydrogens is 252 g/mol. The molecule has 0 bridgehead atoms. The number of nitrogens with zero attached hydrogens (tertiary/aromatic N) is 1. The van der Waals surface area contributed by atoms with Gasteiger partial charge in [0.1, 0.15) is 11.5 Å². The first-order chi connectivity index (χ1) is 9.70. The van der Waals surface area contributed by atoms with Crippen LogP contribution in [0.3, 0.4) is 0 Å². The molecule has 108 valence electrons. The van der Waals surface area contributed by atoms with Crippen LogP contribution in [0.5, 0.6) is 0 Å². The Kier molecular flexibility index (Phi) is 3.94. The lowest BCUT2D eigenvalue weighted by molar-refractivity contribution is 0.286. The molecular formula is C16H22N2O2. The Morgan fingerprint density at radius 2 is 2.15 bits per heavy atom. The smallest absolute Gasteiger partial charge is 0.118 e. The first-order valence-corrected chi connectivity index (χ1v) is 7.22. The third kappa shape index (κ3) is 3.52. The monoisotopic (exact) mass is 274 g/mol. The third-order valence-corrected chi connectivity index (χ3v) is 3.71. The van der Waals surface area contributed by atoms with E-state index in [4.69, 9.17) is 8.83 Å². The van der Waals surface area contributed by atoms with Gasteiger partial charge in [0.05, 0.1) is 19.1 Å². The molecule has 4 heteroatoms. The normalized spacial score (nSPS) is 15.2. The highest BCUT2D eigenvalue weighted by Crippen LogP contribution is 2.20. The van der Waals surface area contributed by atoms with Crippen molar-refractivity contribution in [1.82, 2.24) is 10.2 Å². The number of hydrogen-bond donors (Lipinski definition) is 1. The molecule has 0 radical (unpaired) electrons. The lowest BCUT2D eigenvalue weighted by Gasteiger charge is -2.14. The maximum Gasteiger partial charge on any atom is 0.118 e. The van der Waals surface area contributed by atoms with Crippen LogP contribution in [0.1, 0.15) is 35.5 Å². The van der Waals surface area contributed by atoms with Crippen LogP contribution in [-0.2, 0) is 19.6 Å². The molecule has 0 atom stereocenters. The van der Waals surface area contributed by atoms with Crippen molar-refractivity contribution < 1.29 is 8.83 Å². The molecule has 2 aromatic heterocycles. The summed E-state index contributed by atoms with van der Waals surface area (Å²) < 4.78 is 11.0. The molecule has 0 unspecified atom stereocenters. The minimum Gasteiger partial charge on any atom is -0.469 e. The molecule has 1 aliphatic rings. The molecule has 0 aliphatic heterocycles. The Bertz CT molecular complexity index is 554. The van der Waals surface area contributed by atoms with E-state index in [0.29, 0.717) is 0 Å². The van der Waals surface area contributed by atoms with Crippen molar-refractivity contribution in [2.45, 2.75) is 45.4 Å². The van der Waals surface area contributed by atoms with Crippen molar-refractivity contribution in [2.24, 2.45) is 0 Å². The molecule has 4 nitrogen and oxygen atoms in total. The lowest BCUT2D eigenvalue weighted by atomic mass is 10.2. The van der Waals surface area contributed by atoms with Gasteiger partial charge in [-0.2, -0.15) is 0 Å². The fourth-order valence-electron chi connectivity index (χ4n) is 2.34. The molecule has 1 aliphatic carbocycles. The van der Waals surface area contributed by atoms with E-state index in [1.54, 1.807) is 6.26 Å². The van der Waals surface area contributed by atoms with Gasteiger partial charge in [-0.15, -0.1) is 0 Å². The van der Waals surface area contributed by atoms with Crippen LogP contribution < -0.4 is 5.32 Å². The van der Waals surface area contributed by atoms with Gasteiger partial charge in [-0.3, -0.25) is 4.90 Å². The van der Waals surface area contributed by atoms with Crippen molar-refractivity contribution in [1.29, 1.82) is 0 Å². The van der Waals surface area contributed by atoms with Gasteiger partial charge in [0.15, 0.2) is 0 Å². The SMILES string of the molecule is Cc1occc1CN(C)Cc1cc(CNC2CC2)co1. The van der Waals surface area contributed by atoms with Gasteiger partial charge in [0.2, 0.25) is 0 Å². The Balaban J connectivity index is 1.50. The van der Waals surface area contributed by atoms with Gasteiger partial charge in [-0.25, -0.2) is 0 Å². The first-order valence-electron chi connectivity index (χ1n) is 7.22. The number of nitrogens with one attached hydrogen (secondary N) is 1. The minimum atomic E-state index is 0.736. The molecule has 0 amide bonds. The third-order valence-electron chi connectivity index (χ3n) is 3.71. The van der Waals surface area contributed by atoms with E-state index in [1.165, 1.54) is 24.0 Å². The second-order valence-corrected chi connectivity index (χ2v) is 5.75. The van der Waals surface area contributed by atoms with Gasteiger partial charge in [0, 0.05) is 30.3 Å². The average Bonchev–Trinajstić information content (AvgIpc) is 3.02. The maximum absolute atomic E-state index is 5.63. The second kappa shape index (κ2) is 5.85. The van der Waals surface area contributed by atoms with Gasteiger partial charge < -0.3 is 14.2 Å². The minimum absolute atomic E-state index is 0.736. The molecule has 2 heterocycles. The molecule has 20 heavy (non-hydrogen) atoms. The number of aryl methyl sites for hydroxylation is 1. The van der Waals surface area contributed by atoms with Crippen LogP contribution in [0.2, 0.25) is 0 Å². The van der Waals surface area contributed by atoms with Crippen LogP contribution in [-0.4, -0.2) is 18.0 Å². The van der Waals surface area contributed by atoms with Crippen molar-refractivity contribution in [3.05, 3.63) is 47.3 Å². The molecule has 1 N–H and O–H groups in total. The molecule has 3 rings (SSSR count). The van der Waals surface area contributed by atoms with Gasteiger partial charge in [0.25, 0.3) is 0 Å². The van der Waals surface area contributed by atoms with E-state index in [0.717, 1.165) is 37.2 Å². The number of hydrogen-bond acceptors (Lipinski definition) is 4. The predicted octanol–water partition coefficient (Wildman–Crippen LogP) is 3.07. The van der Waals surface area contributed by atoms with Crippen molar-refractivity contribution in [2.75, 3.05) is 7.05 Å². The highest BCUT2D eigenvalue weighted by Gasteiger charge is 2.20. The van der Waals surface area contributed by atoms with Crippen LogP contribution in [0, 0.1) is 6.92 Å². The topological polar surface area (TPSA) is 41.6 Å². The van der Waals surface area contributed by atoms with E-state index >= 15 is 0 Å². The maximum atomic E-state index is 5.63. The zero-order chi connectivity index (χ0) is 13.9. The predicted molar refractivity (Wildman–Crippen MR) is 77.2 cm³/mol. The van der Waals surface area contributed by atoms with E-state index in [-0.39, 0.29) is 0 Å². The molecule has 1 fully saturated rings.